The third-order valence-electron chi connectivity index (χ3n) is 7.45. The second-order valence-corrected chi connectivity index (χ2v) is 10.5. The molecule has 0 N–H and O–H groups in total. The Balaban J connectivity index is 1.49. The van der Waals surface area contributed by atoms with Gasteiger partial charge in [-0.3, -0.25) is 9.59 Å². The van der Waals surface area contributed by atoms with E-state index in [-0.39, 0.29) is 35.5 Å². The molecule has 2 aliphatic carbocycles. The normalized spacial score (nSPS) is 24.8. The number of halogens is 1. The van der Waals surface area contributed by atoms with E-state index < -0.39 is 0 Å². The van der Waals surface area contributed by atoms with E-state index in [0.29, 0.717) is 5.69 Å². The second kappa shape index (κ2) is 7.92. The fraction of sp³-hybridized carbons (Fsp3) is 0.200. The van der Waals surface area contributed by atoms with E-state index in [9.17, 15) is 9.59 Å². The highest BCUT2D eigenvalue weighted by atomic mass is 79.9. The summed E-state index contributed by atoms with van der Waals surface area (Å²) in [5.74, 6) is -1.00. The summed E-state index contributed by atoms with van der Waals surface area (Å²) in [4.78, 5) is 28.7. The Morgan fingerprint density at radius 3 is 1.71 bits per heavy atom. The summed E-state index contributed by atoms with van der Waals surface area (Å²) < 4.78 is 0.852. The van der Waals surface area contributed by atoms with Crippen molar-refractivity contribution in [2.24, 2.45) is 23.7 Å². The number of hydrogen-bond donors (Lipinski definition) is 0. The van der Waals surface area contributed by atoms with Gasteiger partial charge in [-0.15, -0.1) is 0 Å². The van der Waals surface area contributed by atoms with Crippen LogP contribution in [-0.4, -0.2) is 11.8 Å². The second-order valence-electron chi connectivity index (χ2n) is 9.54. The molecule has 0 radical (unpaired) electrons. The third kappa shape index (κ3) is 3.16. The molecule has 3 aromatic carbocycles. The molecule has 4 atom stereocenters. The summed E-state index contributed by atoms with van der Waals surface area (Å²) in [6, 6.07) is 24.6. The Hall–Kier alpha value is -3.24. The van der Waals surface area contributed by atoms with Crippen LogP contribution in [0.3, 0.4) is 0 Å². The monoisotopic (exact) mass is 509 g/mol. The van der Waals surface area contributed by atoms with E-state index in [0.717, 1.165) is 21.2 Å². The van der Waals surface area contributed by atoms with Crippen molar-refractivity contribution in [2.75, 3.05) is 4.90 Å². The highest BCUT2D eigenvalue weighted by molar-refractivity contribution is 9.10. The van der Waals surface area contributed by atoms with Crippen LogP contribution in [0.5, 0.6) is 0 Å². The summed E-state index contributed by atoms with van der Waals surface area (Å²) in [7, 11) is 0. The van der Waals surface area contributed by atoms with E-state index in [4.69, 9.17) is 0 Å². The number of rotatable bonds is 3. The number of carbonyl (C=O) groups is 2. The fourth-order valence-electron chi connectivity index (χ4n) is 5.91. The lowest BCUT2D eigenvalue weighted by Gasteiger charge is -2.22. The van der Waals surface area contributed by atoms with Crippen LogP contribution < -0.4 is 4.90 Å². The number of imide groups is 1. The molecule has 3 nitrogen and oxygen atoms in total. The molecular weight excluding hydrogens is 486 g/mol. The fourth-order valence-corrected chi connectivity index (χ4v) is 6.29. The SMILES string of the molecule is Cc1ccc(C(=C2[C@H]3C=C[C@H]2[C@H]2C(=O)N(c4cccc(Br)c4)C(=O)[C@H]23)c2ccc(C)cc2)cc1. The van der Waals surface area contributed by atoms with Crippen LogP contribution in [0, 0.1) is 37.5 Å². The molecule has 168 valence electrons. The first kappa shape index (κ1) is 21.3. The van der Waals surface area contributed by atoms with Crippen LogP contribution in [0.25, 0.3) is 5.57 Å². The van der Waals surface area contributed by atoms with Crippen molar-refractivity contribution < 1.29 is 9.59 Å². The van der Waals surface area contributed by atoms with Crippen molar-refractivity contribution in [2.45, 2.75) is 13.8 Å². The van der Waals surface area contributed by atoms with Gasteiger partial charge in [-0.25, -0.2) is 4.90 Å². The lowest BCUT2D eigenvalue weighted by atomic mass is 9.85. The van der Waals surface area contributed by atoms with Crippen LogP contribution in [0.15, 0.2) is 95.0 Å². The van der Waals surface area contributed by atoms with E-state index in [1.807, 2.05) is 24.3 Å². The molecule has 2 fully saturated rings. The Morgan fingerprint density at radius 2 is 1.24 bits per heavy atom. The topological polar surface area (TPSA) is 37.4 Å². The molecule has 2 bridgehead atoms. The van der Waals surface area contributed by atoms with Crippen LogP contribution in [0.4, 0.5) is 5.69 Å². The van der Waals surface area contributed by atoms with Crippen LogP contribution in [-0.2, 0) is 9.59 Å². The number of carbonyl (C=O) groups excluding carboxylic acids is 2. The van der Waals surface area contributed by atoms with Crippen LogP contribution in [0.2, 0.25) is 0 Å². The maximum absolute atomic E-state index is 13.7. The number of benzene rings is 3. The molecule has 1 saturated carbocycles. The maximum atomic E-state index is 13.7. The van der Waals surface area contributed by atoms with Gasteiger partial charge >= 0.3 is 0 Å². The number of allylic oxidation sites excluding steroid dienone is 3. The Morgan fingerprint density at radius 1 is 0.735 bits per heavy atom. The molecule has 3 aromatic rings. The molecule has 3 aliphatic rings. The first-order valence-electron chi connectivity index (χ1n) is 11.6. The first-order valence-corrected chi connectivity index (χ1v) is 12.4. The predicted octanol–water partition coefficient (Wildman–Crippen LogP) is 6.49. The Labute approximate surface area is 207 Å². The molecule has 1 aliphatic heterocycles. The zero-order valence-corrected chi connectivity index (χ0v) is 20.6. The van der Waals surface area contributed by atoms with Gasteiger partial charge in [-0.1, -0.05) is 93.8 Å². The van der Waals surface area contributed by atoms with Gasteiger partial charge in [-0.2, -0.15) is 0 Å². The van der Waals surface area contributed by atoms with Gasteiger partial charge in [0, 0.05) is 16.3 Å². The quantitative estimate of drug-likeness (QED) is 0.299. The van der Waals surface area contributed by atoms with Gasteiger partial charge in [0.05, 0.1) is 17.5 Å². The van der Waals surface area contributed by atoms with Crippen molar-refractivity contribution in [3.05, 3.63) is 117 Å². The summed E-state index contributed by atoms with van der Waals surface area (Å²) in [5.41, 5.74) is 7.68. The molecule has 2 amide bonds. The van der Waals surface area contributed by atoms with Crippen LogP contribution in [0.1, 0.15) is 22.3 Å². The average molecular weight is 510 g/mol. The number of aryl methyl sites for hydroxylation is 2. The minimum Gasteiger partial charge on any atom is -0.274 e. The van der Waals surface area contributed by atoms with Crippen molar-refractivity contribution in [1.82, 2.24) is 0 Å². The molecule has 34 heavy (non-hydrogen) atoms. The predicted molar refractivity (Wildman–Crippen MR) is 138 cm³/mol. The van der Waals surface area contributed by atoms with Crippen molar-refractivity contribution >= 4 is 39.0 Å². The van der Waals surface area contributed by atoms with Gasteiger partial charge in [0.25, 0.3) is 0 Å². The smallest absolute Gasteiger partial charge is 0.238 e. The Kier molecular flexibility index (Phi) is 4.96. The molecule has 0 spiro atoms. The van der Waals surface area contributed by atoms with Gasteiger partial charge in [0.1, 0.15) is 0 Å². The Bertz CT molecular complexity index is 1300. The van der Waals surface area contributed by atoms with Gasteiger partial charge in [0.2, 0.25) is 11.8 Å². The van der Waals surface area contributed by atoms with E-state index in [1.165, 1.54) is 21.6 Å². The highest BCUT2D eigenvalue weighted by Gasteiger charge is 2.62. The van der Waals surface area contributed by atoms with E-state index in [1.54, 1.807) is 0 Å². The number of fused-ring (bicyclic) bond motifs is 5. The lowest BCUT2D eigenvalue weighted by molar-refractivity contribution is -0.122. The molecule has 0 aromatic heterocycles. The molecule has 1 saturated heterocycles. The summed E-state index contributed by atoms with van der Waals surface area (Å²) >= 11 is 3.47. The number of nitrogens with zero attached hydrogens (tertiary/aromatic N) is 1. The molecule has 4 heteroatoms. The van der Waals surface area contributed by atoms with Gasteiger partial charge < -0.3 is 0 Å². The highest BCUT2D eigenvalue weighted by Crippen LogP contribution is 2.58. The number of hydrogen-bond acceptors (Lipinski definition) is 2. The zero-order valence-electron chi connectivity index (χ0n) is 19.0. The van der Waals surface area contributed by atoms with Gasteiger partial charge in [0.15, 0.2) is 0 Å². The average Bonchev–Trinajstić information content (AvgIpc) is 3.46. The minimum absolute atomic E-state index is 0.0683. The molecular formula is C30H24BrNO2. The van der Waals surface area contributed by atoms with Crippen molar-refractivity contribution in [3.63, 3.8) is 0 Å². The van der Waals surface area contributed by atoms with Crippen LogP contribution >= 0.6 is 15.9 Å². The maximum Gasteiger partial charge on any atom is 0.238 e. The summed E-state index contributed by atoms with van der Waals surface area (Å²) in [5, 5.41) is 0. The largest absolute Gasteiger partial charge is 0.274 e. The van der Waals surface area contributed by atoms with E-state index >= 15 is 0 Å². The lowest BCUT2D eigenvalue weighted by Crippen LogP contribution is -2.33. The third-order valence-corrected chi connectivity index (χ3v) is 7.94. The van der Waals surface area contributed by atoms with E-state index in [2.05, 4.69) is 90.5 Å². The number of anilines is 1. The molecule has 0 unspecified atom stereocenters. The zero-order chi connectivity index (χ0) is 23.6. The van der Waals surface area contributed by atoms with Crippen molar-refractivity contribution in [1.29, 1.82) is 0 Å². The molecule has 6 rings (SSSR count). The molecule has 1 heterocycles. The number of amides is 2. The summed E-state index contributed by atoms with van der Waals surface area (Å²) in [6.45, 7) is 4.17. The van der Waals surface area contributed by atoms with Gasteiger partial charge in [-0.05, 0) is 54.3 Å². The standard InChI is InChI=1S/C30H24BrNO2/c1-17-6-10-19(11-7-17)25(20-12-8-18(2)9-13-20)26-23-14-15-24(26)28-27(23)29(33)32(30(28)34)22-5-3-4-21(31)16-22/h3-16,23-24,27-28H,1-2H3/t23-,24-,27-,28+/m1/s1. The minimum atomic E-state index is -0.345. The van der Waals surface area contributed by atoms with Crippen molar-refractivity contribution in [3.8, 4) is 0 Å². The first-order chi connectivity index (χ1) is 16.4. The summed E-state index contributed by atoms with van der Waals surface area (Å²) in [6.07, 6.45) is 4.30.